The molecule has 116 valence electrons. The Bertz CT molecular complexity index is 542. The monoisotopic (exact) mass is 312 g/mol. The van der Waals surface area contributed by atoms with E-state index in [1.807, 2.05) is 38.7 Å². The van der Waals surface area contributed by atoms with Crippen LogP contribution < -0.4 is 4.90 Å². The molecule has 0 N–H and O–H groups in total. The molecular formula is C15H21ClN2O3. The van der Waals surface area contributed by atoms with Gasteiger partial charge >= 0.3 is 0 Å². The van der Waals surface area contributed by atoms with Gasteiger partial charge in [0.2, 0.25) is 0 Å². The first-order chi connectivity index (χ1) is 9.63. The number of nitro benzene ring substituents is 1. The topological polar surface area (TPSA) is 55.6 Å². The molecule has 0 atom stereocenters. The summed E-state index contributed by atoms with van der Waals surface area (Å²) in [6, 6.07) is 5.18. The molecule has 0 unspecified atom stereocenters. The summed E-state index contributed by atoms with van der Waals surface area (Å²) in [6.07, 6.45) is 0. The van der Waals surface area contributed by atoms with Gasteiger partial charge in [-0.25, -0.2) is 0 Å². The first kappa shape index (κ1) is 16.0. The molecule has 1 aliphatic rings. The highest BCUT2D eigenvalue weighted by Crippen LogP contribution is 2.36. The van der Waals surface area contributed by atoms with Crippen molar-refractivity contribution in [2.24, 2.45) is 0 Å². The van der Waals surface area contributed by atoms with Crippen molar-refractivity contribution in [2.45, 2.75) is 44.8 Å². The SMILES string of the molecule is CC1(C)CN(c2ccc(CCl)cc2[N+](=O)[O-])CC(C)(C)O1. The molecule has 1 fully saturated rings. The van der Waals surface area contributed by atoms with E-state index in [0.29, 0.717) is 18.8 Å². The molecule has 0 amide bonds. The molecule has 0 bridgehead atoms. The minimum Gasteiger partial charge on any atom is -0.366 e. The minimum atomic E-state index is -0.360. The van der Waals surface area contributed by atoms with Crippen molar-refractivity contribution in [3.63, 3.8) is 0 Å². The van der Waals surface area contributed by atoms with Gasteiger partial charge in [-0.2, -0.15) is 0 Å². The highest BCUT2D eigenvalue weighted by atomic mass is 35.5. The molecule has 21 heavy (non-hydrogen) atoms. The Kier molecular flexibility index (Phi) is 4.17. The number of alkyl halides is 1. The van der Waals surface area contributed by atoms with E-state index in [2.05, 4.69) is 0 Å². The van der Waals surface area contributed by atoms with Crippen LogP contribution in [0.4, 0.5) is 11.4 Å². The van der Waals surface area contributed by atoms with E-state index in [1.54, 1.807) is 12.1 Å². The molecular weight excluding hydrogens is 292 g/mol. The van der Waals surface area contributed by atoms with Gasteiger partial charge < -0.3 is 9.64 Å². The van der Waals surface area contributed by atoms with Gasteiger partial charge in [0.1, 0.15) is 5.69 Å². The van der Waals surface area contributed by atoms with Crippen molar-refractivity contribution in [1.29, 1.82) is 0 Å². The number of nitrogens with zero attached hydrogens (tertiary/aromatic N) is 2. The molecule has 1 heterocycles. The minimum absolute atomic E-state index is 0.0988. The highest BCUT2D eigenvalue weighted by Gasteiger charge is 2.39. The lowest BCUT2D eigenvalue weighted by atomic mass is 9.98. The van der Waals surface area contributed by atoms with Crippen LogP contribution in [0.2, 0.25) is 0 Å². The molecule has 0 aromatic heterocycles. The maximum Gasteiger partial charge on any atom is 0.292 e. The molecule has 0 spiro atoms. The van der Waals surface area contributed by atoms with Crippen LogP contribution in [0.3, 0.4) is 0 Å². The van der Waals surface area contributed by atoms with Gasteiger partial charge in [0.25, 0.3) is 5.69 Å². The van der Waals surface area contributed by atoms with E-state index in [1.165, 1.54) is 0 Å². The number of halogens is 1. The van der Waals surface area contributed by atoms with Gasteiger partial charge in [-0.15, -0.1) is 11.6 Å². The number of hydrogen-bond acceptors (Lipinski definition) is 4. The van der Waals surface area contributed by atoms with Crippen LogP contribution in [0.15, 0.2) is 18.2 Å². The molecule has 2 rings (SSSR count). The predicted molar refractivity (Wildman–Crippen MR) is 84.1 cm³/mol. The Morgan fingerprint density at radius 1 is 1.29 bits per heavy atom. The quantitative estimate of drug-likeness (QED) is 0.485. The summed E-state index contributed by atoms with van der Waals surface area (Å²) in [4.78, 5) is 13.0. The van der Waals surface area contributed by atoms with E-state index < -0.39 is 0 Å². The first-order valence-corrected chi connectivity index (χ1v) is 7.45. The predicted octanol–water partition coefficient (Wildman–Crippen LogP) is 3.73. The second kappa shape index (κ2) is 5.46. The number of hydrogen-bond donors (Lipinski definition) is 0. The van der Waals surface area contributed by atoms with Crippen LogP contribution in [0.25, 0.3) is 0 Å². The van der Waals surface area contributed by atoms with E-state index in [4.69, 9.17) is 16.3 Å². The van der Waals surface area contributed by atoms with Crippen LogP contribution in [-0.4, -0.2) is 29.2 Å². The molecule has 5 nitrogen and oxygen atoms in total. The highest BCUT2D eigenvalue weighted by molar-refractivity contribution is 6.17. The summed E-state index contributed by atoms with van der Waals surface area (Å²) >= 11 is 5.78. The summed E-state index contributed by atoms with van der Waals surface area (Å²) in [5.74, 6) is 0.265. The van der Waals surface area contributed by atoms with E-state index in [9.17, 15) is 10.1 Å². The second-order valence-corrected chi connectivity index (χ2v) is 6.96. The van der Waals surface area contributed by atoms with Crippen LogP contribution in [0.1, 0.15) is 33.3 Å². The van der Waals surface area contributed by atoms with Gasteiger partial charge in [0.15, 0.2) is 0 Å². The zero-order valence-corrected chi connectivity index (χ0v) is 13.6. The zero-order chi connectivity index (χ0) is 15.8. The van der Waals surface area contributed by atoms with Gasteiger partial charge in [-0.1, -0.05) is 6.07 Å². The van der Waals surface area contributed by atoms with Crippen molar-refractivity contribution >= 4 is 23.0 Å². The number of ether oxygens (including phenoxy) is 1. The van der Waals surface area contributed by atoms with Crippen LogP contribution in [-0.2, 0) is 10.6 Å². The molecule has 1 saturated heterocycles. The van der Waals surface area contributed by atoms with Gasteiger partial charge in [-0.05, 0) is 39.3 Å². The van der Waals surface area contributed by atoms with Crippen molar-refractivity contribution < 1.29 is 9.66 Å². The molecule has 1 aromatic rings. The number of morpholine rings is 1. The summed E-state index contributed by atoms with van der Waals surface area (Å²) < 4.78 is 6.03. The zero-order valence-electron chi connectivity index (χ0n) is 12.9. The molecule has 6 heteroatoms. The van der Waals surface area contributed by atoms with Crippen molar-refractivity contribution in [3.05, 3.63) is 33.9 Å². The molecule has 0 radical (unpaired) electrons. The third-order valence-corrected chi connectivity index (χ3v) is 3.74. The fourth-order valence-corrected chi connectivity index (χ4v) is 3.19. The number of nitro groups is 1. The summed E-state index contributed by atoms with van der Waals surface area (Å²) in [6.45, 7) is 9.22. The van der Waals surface area contributed by atoms with Gasteiger partial charge in [-0.3, -0.25) is 10.1 Å². The van der Waals surface area contributed by atoms with E-state index >= 15 is 0 Å². The van der Waals surface area contributed by atoms with Gasteiger partial charge in [0.05, 0.1) is 16.1 Å². The van der Waals surface area contributed by atoms with Crippen molar-refractivity contribution in [1.82, 2.24) is 0 Å². The maximum atomic E-state index is 11.4. The Balaban J connectivity index is 2.43. The summed E-state index contributed by atoms with van der Waals surface area (Å²) in [7, 11) is 0. The van der Waals surface area contributed by atoms with Crippen LogP contribution in [0.5, 0.6) is 0 Å². The summed E-state index contributed by atoms with van der Waals surface area (Å²) in [5.41, 5.74) is 0.750. The number of rotatable bonds is 3. The lowest BCUT2D eigenvalue weighted by Gasteiger charge is -2.47. The standard InChI is InChI=1S/C15H21ClN2O3/c1-14(2)9-17(10-15(3,4)21-14)12-6-5-11(8-16)7-13(12)18(19)20/h5-7H,8-10H2,1-4H3. The molecule has 0 saturated carbocycles. The average molecular weight is 313 g/mol. The fourth-order valence-electron chi connectivity index (χ4n) is 3.02. The third kappa shape index (κ3) is 3.66. The number of anilines is 1. The van der Waals surface area contributed by atoms with E-state index in [0.717, 1.165) is 5.56 Å². The smallest absolute Gasteiger partial charge is 0.292 e. The molecule has 1 aliphatic heterocycles. The molecule has 0 aliphatic carbocycles. The molecule has 1 aromatic carbocycles. The lowest BCUT2D eigenvalue weighted by Crippen LogP contribution is -2.57. The second-order valence-electron chi connectivity index (χ2n) is 6.69. The summed E-state index contributed by atoms with van der Waals surface area (Å²) in [5, 5.41) is 11.4. The van der Waals surface area contributed by atoms with Crippen LogP contribution >= 0.6 is 11.6 Å². The normalized spacial score (nSPS) is 20.3. The average Bonchev–Trinajstić information content (AvgIpc) is 2.34. The fraction of sp³-hybridized carbons (Fsp3) is 0.600. The lowest BCUT2D eigenvalue weighted by molar-refractivity contribution is -0.384. The Labute approximate surface area is 130 Å². The number of benzene rings is 1. The Morgan fingerprint density at radius 3 is 2.33 bits per heavy atom. The van der Waals surface area contributed by atoms with Crippen molar-refractivity contribution in [2.75, 3.05) is 18.0 Å². The van der Waals surface area contributed by atoms with E-state index in [-0.39, 0.29) is 27.7 Å². The van der Waals surface area contributed by atoms with Crippen molar-refractivity contribution in [3.8, 4) is 0 Å². The van der Waals surface area contributed by atoms with Gasteiger partial charge in [0, 0.05) is 25.0 Å². The van der Waals surface area contributed by atoms with Crippen LogP contribution in [0, 0.1) is 10.1 Å². The largest absolute Gasteiger partial charge is 0.366 e. The Morgan fingerprint density at radius 2 is 1.86 bits per heavy atom. The third-order valence-electron chi connectivity index (χ3n) is 3.43. The Hall–Kier alpha value is -1.33. The first-order valence-electron chi connectivity index (χ1n) is 6.92. The maximum absolute atomic E-state index is 11.4.